The maximum absolute atomic E-state index is 6.06. The first kappa shape index (κ1) is 14.6. The molecule has 0 N–H and O–H groups in total. The van der Waals surface area contributed by atoms with Crippen LogP contribution in [0.4, 0.5) is 0 Å². The van der Waals surface area contributed by atoms with Crippen LogP contribution >= 0.6 is 11.6 Å². The third-order valence-corrected chi connectivity index (χ3v) is 3.91. The summed E-state index contributed by atoms with van der Waals surface area (Å²) in [5.41, 5.74) is 3.79. The van der Waals surface area contributed by atoms with Gasteiger partial charge in [0, 0.05) is 17.8 Å². The molecule has 0 saturated heterocycles. The number of alkyl halides is 1. The van der Waals surface area contributed by atoms with Crippen molar-refractivity contribution in [1.29, 1.82) is 0 Å². The van der Waals surface area contributed by atoms with Crippen molar-refractivity contribution in [1.82, 2.24) is 9.78 Å². The third kappa shape index (κ3) is 3.25. The van der Waals surface area contributed by atoms with E-state index in [2.05, 4.69) is 32.4 Å². The van der Waals surface area contributed by atoms with E-state index < -0.39 is 0 Å². The van der Waals surface area contributed by atoms with E-state index >= 15 is 0 Å². The molecule has 0 bridgehead atoms. The van der Waals surface area contributed by atoms with Crippen LogP contribution in [0.2, 0.25) is 0 Å². The average molecular weight is 257 g/mol. The average Bonchev–Trinajstić information content (AvgIpc) is 2.72. The Morgan fingerprint density at radius 2 is 1.76 bits per heavy atom. The zero-order chi connectivity index (χ0) is 12.8. The van der Waals surface area contributed by atoms with E-state index in [4.69, 9.17) is 16.7 Å². The van der Waals surface area contributed by atoms with Crippen LogP contribution in [0.5, 0.6) is 0 Å². The normalized spacial score (nSPS) is 11.4. The number of halogens is 1. The predicted octanol–water partition coefficient (Wildman–Crippen LogP) is 4.18. The molecule has 17 heavy (non-hydrogen) atoms. The fourth-order valence-corrected chi connectivity index (χ4v) is 2.67. The Kier molecular flexibility index (Phi) is 6.04. The van der Waals surface area contributed by atoms with Crippen LogP contribution in [0.3, 0.4) is 0 Å². The van der Waals surface area contributed by atoms with Crippen molar-refractivity contribution >= 4 is 11.6 Å². The number of hydrogen-bond acceptors (Lipinski definition) is 1. The molecule has 0 atom stereocenters. The van der Waals surface area contributed by atoms with Gasteiger partial charge in [0.2, 0.25) is 0 Å². The molecule has 0 aliphatic carbocycles. The topological polar surface area (TPSA) is 17.8 Å². The van der Waals surface area contributed by atoms with Crippen LogP contribution in [-0.2, 0) is 25.3 Å². The summed E-state index contributed by atoms with van der Waals surface area (Å²) < 4.78 is 2.20. The first-order valence-corrected chi connectivity index (χ1v) is 7.38. The molecule has 0 saturated carbocycles. The van der Waals surface area contributed by atoms with E-state index in [0.29, 0.717) is 5.88 Å². The molecule has 3 heteroatoms. The second-order valence-corrected chi connectivity index (χ2v) is 4.84. The number of nitrogens with zero attached hydrogens (tertiary/aromatic N) is 2. The quantitative estimate of drug-likeness (QED) is 0.669. The number of hydrogen-bond donors (Lipinski definition) is 0. The molecule has 2 nitrogen and oxygen atoms in total. The van der Waals surface area contributed by atoms with Gasteiger partial charge >= 0.3 is 0 Å². The Morgan fingerprint density at radius 3 is 2.18 bits per heavy atom. The molecule has 0 unspecified atom stereocenters. The summed E-state index contributed by atoms with van der Waals surface area (Å²) in [6.07, 6.45) is 4.44. The van der Waals surface area contributed by atoms with Gasteiger partial charge < -0.3 is 0 Å². The zero-order valence-corrected chi connectivity index (χ0v) is 12.3. The smallest absolute Gasteiger partial charge is 0.0668 e. The Balaban J connectivity index is 3.01. The number of rotatable bonds is 7. The van der Waals surface area contributed by atoms with E-state index in [1.165, 1.54) is 29.8 Å². The van der Waals surface area contributed by atoms with Gasteiger partial charge in [0.15, 0.2) is 0 Å². The summed E-state index contributed by atoms with van der Waals surface area (Å²) in [4.78, 5) is 0. The van der Waals surface area contributed by atoms with Crippen molar-refractivity contribution in [3.05, 3.63) is 17.0 Å². The number of aromatic nitrogens is 2. The van der Waals surface area contributed by atoms with Crippen LogP contribution in [0.25, 0.3) is 0 Å². The molecule has 0 aromatic carbocycles. The second-order valence-electron chi connectivity index (χ2n) is 4.58. The molecule has 1 aromatic rings. The van der Waals surface area contributed by atoms with Crippen molar-refractivity contribution in [3.8, 4) is 0 Å². The van der Waals surface area contributed by atoms with E-state index in [9.17, 15) is 0 Å². The Morgan fingerprint density at radius 1 is 1.12 bits per heavy atom. The fraction of sp³-hybridized carbons (Fsp3) is 0.786. The van der Waals surface area contributed by atoms with Gasteiger partial charge in [0.1, 0.15) is 0 Å². The van der Waals surface area contributed by atoms with E-state index in [1.807, 2.05) is 0 Å². The van der Waals surface area contributed by atoms with Gasteiger partial charge in [-0.3, -0.25) is 4.68 Å². The Bertz CT molecular complexity index is 340. The van der Waals surface area contributed by atoms with Crippen LogP contribution in [0.15, 0.2) is 0 Å². The molecular weight excluding hydrogens is 232 g/mol. The SMILES string of the molecule is CCc1nn(CC(CC)CC)c(CC)c1CCl. The van der Waals surface area contributed by atoms with E-state index in [1.54, 1.807) is 0 Å². The van der Waals surface area contributed by atoms with Crippen LogP contribution in [-0.4, -0.2) is 9.78 Å². The summed E-state index contributed by atoms with van der Waals surface area (Å²) >= 11 is 6.06. The maximum Gasteiger partial charge on any atom is 0.0668 e. The fourth-order valence-electron chi connectivity index (χ4n) is 2.37. The molecule has 0 fully saturated rings. The van der Waals surface area contributed by atoms with Crippen LogP contribution < -0.4 is 0 Å². The van der Waals surface area contributed by atoms with Crippen molar-refractivity contribution in [2.24, 2.45) is 5.92 Å². The van der Waals surface area contributed by atoms with Gasteiger partial charge in [-0.25, -0.2) is 0 Å². The van der Waals surface area contributed by atoms with Crippen LogP contribution in [0, 0.1) is 5.92 Å². The lowest BCUT2D eigenvalue weighted by atomic mass is 10.0. The molecule has 0 spiro atoms. The first-order chi connectivity index (χ1) is 8.21. The van der Waals surface area contributed by atoms with Crippen LogP contribution in [0.1, 0.15) is 57.5 Å². The molecular formula is C14H25ClN2. The lowest BCUT2D eigenvalue weighted by Crippen LogP contribution is -2.13. The highest BCUT2D eigenvalue weighted by molar-refractivity contribution is 6.17. The minimum absolute atomic E-state index is 0.593. The van der Waals surface area contributed by atoms with Gasteiger partial charge in [-0.05, 0) is 18.8 Å². The molecule has 0 aliphatic rings. The second kappa shape index (κ2) is 7.05. The molecule has 1 aromatic heterocycles. The van der Waals surface area contributed by atoms with Gasteiger partial charge in [-0.1, -0.05) is 40.5 Å². The minimum Gasteiger partial charge on any atom is -0.269 e. The largest absolute Gasteiger partial charge is 0.269 e. The summed E-state index contributed by atoms with van der Waals surface area (Å²) in [5, 5.41) is 4.74. The van der Waals surface area contributed by atoms with Gasteiger partial charge in [0.25, 0.3) is 0 Å². The Hall–Kier alpha value is -0.500. The van der Waals surface area contributed by atoms with Crippen molar-refractivity contribution in [2.45, 2.75) is 65.8 Å². The monoisotopic (exact) mass is 256 g/mol. The summed E-state index contributed by atoms with van der Waals surface area (Å²) in [6, 6.07) is 0. The number of aryl methyl sites for hydroxylation is 1. The highest BCUT2D eigenvalue weighted by Gasteiger charge is 2.16. The lowest BCUT2D eigenvalue weighted by Gasteiger charge is -2.14. The molecule has 1 heterocycles. The first-order valence-electron chi connectivity index (χ1n) is 6.84. The summed E-state index contributed by atoms with van der Waals surface area (Å²) in [7, 11) is 0. The lowest BCUT2D eigenvalue weighted by molar-refractivity contribution is 0.387. The van der Waals surface area contributed by atoms with Gasteiger partial charge in [-0.2, -0.15) is 5.10 Å². The standard InChI is InChI=1S/C14H25ClN2/c1-5-11(6-2)10-17-14(8-4)12(9-15)13(7-3)16-17/h11H,5-10H2,1-4H3. The van der Waals surface area contributed by atoms with Gasteiger partial charge in [-0.15, -0.1) is 11.6 Å². The van der Waals surface area contributed by atoms with Crippen molar-refractivity contribution in [2.75, 3.05) is 0 Å². The maximum atomic E-state index is 6.06. The van der Waals surface area contributed by atoms with Gasteiger partial charge in [0.05, 0.1) is 11.6 Å². The molecule has 98 valence electrons. The summed E-state index contributed by atoms with van der Waals surface area (Å²) in [5.74, 6) is 1.32. The minimum atomic E-state index is 0.593. The van der Waals surface area contributed by atoms with E-state index in [0.717, 1.165) is 25.3 Å². The Labute approximate surface area is 110 Å². The molecule has 0 amide bonds. The van der Waals surface area contributed by atoms with E-state index in [-0.39, 0.29) is 0 Å². The molecule has 0 aliphatic heterocycles. The van der Waals surface area contributed by atoms with Crippen molar-refractivity contribution < 1.29 is 0 Å². The third-order valence-electron chi connectivity index (χ3n) is 3.64. The molecule has 1 rings (SSSR count). The highest BCUT2D eigenvalue weighted by Crippen LogP contribution is 2.21. The highest BCUT2D eigenvalue weighted by atomic mass is 35.5. The summed E-state index contributed by atoms with van der Waals surface area (Å²) in [6.45, 7) is 9.90. The predicted molar refractivity (Wildman–Crippen MR) is 74.6 cm³/mol. The van der Waals surface area contributed by atoms with Crippen molar-refractivity contribution in [3.63, 3.8) is 0 Å². The zero-order valence-electron chi connectivity index (χ0n) is 11.6. The molecule has 0 radical (unpaired) electrons.